The fourth-order valence-corrected chi connectivity index (χ4v) is 4.31. The molecule has 2 aliphatic heterocycles. The SMILES string of the molecule is O=C(Nc1ccc(N2CCCC2=O)cc1)C1CCN(Cc2ccccc2Cl)CC1. The molecule has 2 aromatic rings. The number of rotatable bonds is 5. The van der Waals surface area contributed by atoms with Crippen molar-refractivity contribution in [3.8, 4) is 0 Å². The monoisotopic (exact) mass is 411 g/mol. The number of hydrogen-bond donors (Lipinski definition) is 1. The van der Waals surface area contributed by atoms with Gasteiger partial charge >= 0.3 is 0 Å². The van der Waals surface area contributed by atoms with Crippen molar-refractivity contribution in [3.63, 3.8) is 0 Å². The van der Waals surface area contributed by atoms with Gasteiger partial charge in [0.05, 0.1) is 0 Å². The molecule has 29 heavy (non-hydrogen) atoms. The van der Waals surface area contributed by atoms with Crippen molar-refractivity contribution in [3.05, 3.63) is 59.1 Å². The molecule has 1 N–H and O–H groups in total. The molecule has 2 saturated heterocycles. The van der Waals surface area contributed by atoms with Crippen molar-refractivity contribution in [2.75, 3.05) is 29.9 Å². The summed E-state index contributed by atoms with van der Waals surface area (Å²) in [5.41, 5.74) is 2.82. The number of benzene rings is 2. The molecular formula is C23H26ClN3O2. The Morgan fingerprint density at radius 2 is 1.76 bits per heavy atom. The highest BCUT2D eigenvalue weighted by Gasteiger charge is 2.26. The van der Waals surface area contributed by atoms with E-state index in [0.717, 1.165) is 67.4 Å². The molecule has 0 aliphatic carbocycles. The van der Waals surface area contributed by atoms with E-state index in [-0.39, 0.29) is 17.7 Å². The molecule has 0 atom stereocenters. The third-order valence-electron chi connectivity index (χ3n) is 5.83. The molecule has 5 nitrogen and oxygen atoms in total. The summed E-state index contributed by atoms with van der Waals surface area (Å²) in [6, 6.07) is 15.5. The molecule has 0 unspecified atom stereocenters. The Labute approximate surface area is 176 Å². The Morgan fingerprint density at radius 3 is 2.41 bits per heavy atom. The molecular weight excluding hydrogens is 386 g/mol. The summed E-state index contributed by atoms with van der Waals surface area (Å²) in [6.45, 7) is 3.38. The van der Waals surface area contributed by atoms with E-state index < -0.39 is 0 Å². The molecule has 2 aliphatic rings. The maximum atomic E-state index is 12.7. The van der Waals surface area contributed by atoms with Gasteiger partial charge in [-0.2, -0.15) is 0 Å². The van der Waals surface area contributed by atoms with Gasteiger partial charge in [-0.25, -0.2) is 0 Å². The van der Waals surface area contributed by atoms with Crippen LogP contribution in [0.15, 0.2) is 48.5 Å². The number of nitrogens with one attached hydrogen (secondary N) is 1. The summed E-state index contributed by atoms with van der Waals surface area (Å²) < 4.78 is 0. The Hall–Kier alpha value is -2.37. The lowest BCUT2D eigenvalue weighted by Crippen LogP contribution is -2.37. The van der Waals surface area contributed by atoms with Gasteiger partial charge < -0.3 is 10.2 Å². The topological polar surface area (TPSA) is 52.7 Å². The normalized spacial score (nSPS) is 18.2. The first-order chi connectivity index (χ1) is 14.1. The highest BCUT2D eigenvalue weighted by atomic mass is 35.5. The Kier molecular flexibility index (Phi) is 6.16. The number of piperidine rings is 1. The standard InChI is InChI=1S/C23H26ClN3O2/c24-21-5-2-1-4-18(21)16-26-14-11-17(12-15-26)23(29)25-19-7-9-20(10-8-19)27-13-3-6-22(27)28/h1-2,4-5,7-10,17H,3,6,11-16H2,(H,25,29). The van der Waals surface area contributed by atoms with Crippen LogP contribution < -0.4 is 10.2 Å². The van der Waals surface area contributed by atoms with Gasteiger partial charge in [0.2, 0.25) is 11.8 Å². The molecule has 152 valence electrons. The lowest BCUT2D eigenvalue weighted by Gasteiger charge is -2.31. The van der Waals surface area contributed by atoms with E-state index in [2.05, 4.69) is 16.3 Å². The number of anilines is 2. The zero-order valence-corrected chi connectivity index (χ0v) is 17.2. The van der Waals surface area contributed by atoms with Crippen LogP contribution in [0.25, 0.3) is 0 Å². The fourth-order valence-electron chi connectivity index (χ4n) is 4.11. The van der Waals surface area contributed by atoms with Crippen molar-refractivity contribution in [2.24, 2.45) is 5.92 Å². The maximum Gasteiger partial charge on any atom is 0.227 e. The first-order valence-corrected chi connectivity index (χ1v) is 10.6. The van der Waals surface area contributed by atoms with Crippen LogP contribution in [0.5, 0.6) is 0 Å². The van der Waals surface area contributed by atoms with Crippen LogP contribution in [0, 0.1) is 5.92 Å². The molecule has 0 radical (unpaired) electrons. The number of hydrogen-bond acceptors (Lipinski definition) is 3. The molecule has 2 amide bonds. The number of carbonyl (C=O) groups excluding carboxylic acids is 2. The smallest absolute Gasteiger partial charge is 0.227 e. The van der Waals surface area contributed by atoms with Crippen molar-refractivity contribution in [1.29, 1.82) is 0 Å². The lowest BCUT2D eigenvalue weighted by molar-refractivity contribution is -0.121. The Morgan fingerprint density at radius 1 is 1.03 bits per heavy atom. The second-order valence-electron chi connectivity index (χ2n) is 7.83. The first-order valence-electron chi connectivity index (χ1n) is 10.3. The van der Waals surface area contributed by atoms with E-state index >= 15 is 0 Å². The van der Waals surface area contributed by atoms with E-state index in [1.807, 2.05) is 42.5 Å². The lowest BCUT2D eigenvalue weighted by atomic mass is 9.95. The van der Waals surface area contributed by atoms with Crippen molar-refractivity contribution >= 4 is 34.8 Å². The minimum atomic E-state index is 0.0253. The van der Waals surface area contributed by atoms with Crippen molar-refractivity contribution in [2.45, 2.75) is 32.2 Å². The van der Waals surface area contributed by atoms with Gasteiger partial charge in [-0.15, -0.1) is 0 Å². The summed E-state index contributed by atoms with van der Waals surface area (Å²) in [6.07, 6.45) is 3.22. The number of likely N-dealkylation sites (tertiary alicyclic amines) is 1. The van der Waals surface area contributed by atoms with Gasteiger partial charge in [-0.3, -0.25) is 14.5 Å². The van der Waals surface area contributed by atoms with E-state index in [9.17, 15) is 9.59 Å². The van der Waals surface area contributed by atoms with Crippen molar-refractivity contribution in [1.82, 2.24) is 4.90 Å². The average Bonchev–Trinajstić information content (AvgIpc) is 3.17. The summed E-state index contributed by atoms with van der Waals surface area (Å²) in [5, 5.41) is 3.83. The van der Waals surface area contributed by atoms with Gasteiger partial charge in [0.25, 0.3) is 0 Å². The molecule has 0 spiro atoms. The third kappa shape index (κ3) is 4.80. The van der Waals surface area contributed by atoms with Crippen LogP contribution in [0.3, 0.4) is 0 Å². The van der Waals surface area contributed by atoms with Crippen LogP contribution >= 0.6 is 11.6 Å². The summed E-state index contributed by atoms with van der Waals surface area (Å²) in [4.78, 5) is 28.7. The average molecular weight is 412 g/mol. The third-order valence-corrected chi connectivity index (χ3v) is 6.20. The summed E-state index contributed by atoms with van der Waals surface area (Å²) in [5.74, 6) is 0.273. The summed E-state index contributed by atoms with van der Waals surface area (Å²) >= 11 is 6.26. The molecule has 2 heterocycles. The molecule has 2 aromatic carbocycles. The molecule has 2 fully saturated rings. The second-order valence-corrected chi connectivity index (χ2v) is 8.23. The zero-order chi connectivity index (χ0) is 20.2. The number of nitrogens with zero attached hydrogens (tertiary/aromatic N) is 2. The van der Waals surface area contributed by atoms with Crippen LogP contribution in [0.4, 0.5) is 11.4 Å². The van der Waals surface area contributed by atoms with Gasteiger partial charge in [0.15, 0.2) is 0 Å². The Bertz CT molecular complexity index is 876. The van der Waals surface area contributed by atoms with Gasteiger partial charge in [-0.1, -0.05) is 29.8 Å². The zero-order valence-electron chi connectivity index (χ0n) is 16.4. The van der Waals surface area contributed by atoms with Crippen LogP contribution in [0.2, 0.25) is 5.02 Å². The first kappa shape index (κ1) is 19.9. The maximum absolute atomic E-state index is 12.7. The minimum absolute atomic E-state index is 0.0253. The summed E-state index contributed by atoms with van der Waals surface area (Å²) in [7, 11) is 0. The van der Waals surface area contributed by atoms with Crippen molar-refractivity contribution < 1.29 is 9.59 Å². The predicted molar refractivity (Wildman–Crippen MR) is 116 cm³/mol. The van der Waals surface area contributed by atoms with Gasteiger partial charge in [0, 0.05) is 41.8 Å². The van der Waals surface area contributed by atoms with Crippen LogP contribution in [0.1, 0.15) is 31.2 Å². The molecule has 4 rings (SSSR count). The molecule has 0 bridgehead atoms. The second kappa shape index (κ2) is 8.97. The quantitative estimate of drug-likeness (QED) is 0.797. The highest BCUT2D eigenvalue weighted by Crippen LogP contribution is 2.25. The molecule has 0 aromatic heterocycles. The fraction of sp³-hybridized carbons (Fsp3) is 0.391. The predicted octanol–water partition coefficient (Wildman–Crippen LogP) is 4.32. The minimum Gasteiger partial charge on any atom is -0.326 e. The van der Waals surface area contributed by atoms with Crippen LogP contribution in [-0.4, -0.2) is 36.3 Å². The number of amides is 2. The van der Waals surface area contributed by atoms with Crippen LogP contribution in [-0.2, 0) is 16.1 Å². The Balaban J connectivity index is 1.27. The van der Waals surface area contributed by atoms with Gasteiger partial charge in [0.1, 0.15) is 0 Å². The highest BCUT2D eigenvalue weighted by molar-refractivity contribution is 6.31. The van der Waals surface area contributed by atoms with E-state index in [1.165, 1.54) is 0 Å². The van der Waals surface area contributed by atoms with E-state index in [4.69, 9.17) is 11.6 Å². The number of carbonyl (C=O) groups is 2. The largest absolute Gasteiger partial charge is 0.326 e. The number of halogens is 1. The van der Waals surface area contributed by atoms with E-state index in [0.29, 0.717) is 6.42 Å². The molecule has 6 heteroatoms. The van der Waals surface area contributed by atoms with Gasteiger partial charge in [-0.05, 0) is 68.2 Å². The molecule has 0 saturated carbocycles. The van der Waals surface area contributed by atoms with E-state index in [1.54, 1.807) is 4.90 Å².